The molecule has 2 aromatic carbocycles. The topological polar surface area (TPSA) is 95.6 Å². The van der Waals surface area contributed by atoms with Gasteiger partial charge in [-0.25, -0.2) is 8.42 Å². The lowest BCUT2D eigenvalue weighted by Gasteiger charge is -2.35. The van der Waals surface area contributed by atoms with E-state index in [0.29, 0.717) is 4.90 Å². The molecule has 34 heavy (non-hydrogen) atoms. The summed E-state index contributed by atoms with van der Waals surface area (Å²) in [5.74, 6) is -0.258. The zero-order valence-corrected chi connectivity index (χ0v) is 21.0. The molecule has 184 valence electrons. The van der Waals surface area contributed by atoms with E-state index in [1.54, 1.807) is 19.1 Å². The van der Waals surface area contributed by atoms with Crippen molar-refractivity contribution in [2.24, 2.45) is 5.92 Å². The molecule has 1 aliphatic rings. The van der Waals surface area contributed by atoms with Gasteiger partial charge in [-0.3, -0.25) is 9.59 Å². The molecular weight excluding hydrogens is 450 g/mol. The van der Waals surface area contributed by atoms with E-state index in [0.717, 1.165) is 37.2 Å². The number of sulfone groups is 1. The molecule has 0 spiro atoms. The van der Waals surface area contributed by atoms with E-state index in [9.17, 15) is 18.0 Å². The van der Waals surface area contributed by atoms with Crippen molar-refractivity contribution in [1.82, 2.24) is 10.6 Å². The van der Waals surface area contributed by atoms with Crippen molar-refractivity contribution in [1.29, 1.82) is 0 Å². The number of hydrogen-bond donors (Lipinski definition) is 2. The second-order valence-corrected chi connectivity index (χ2v) is 11.4. The number of benzene rings is 2. The molecule has 0 radical (unpaired) electrons. The van der Waals surface area contributed by atoms with E-state index in [-0.39, 0.29) is 35.9 Å². The van der Waals surface area contributed by atoms with Gasteiger partial charge in [0.05, 0.1) is 17.1 Å². The quantitative estimate of drug-likeness (QED) is 0.569. The lowest BCUT2D eigenvalue weighted by molar-refractivity contribution is -0.130. The number of piperidine rings is 1. The number of carbonyl (C=O) groups is 2. The Morgan fingerprint density at radius 1 is 1.00 bits per heavy atom. The van der Waals surface area contributed by atoms with E-state index in [2.05, 4.69) is 15.5 Å². The smallest absolute Gasteiger partial charge is 0.243 e. The minimum Gasteiger partial charge on any atom is -0.371 e. The maximum atomic E-state index is 13.0. The van der Waals surface area contributed by atoms with Crippen molar-refractivity contribution < 1.29 is 18.0 Å². The van der Waals surface area contributed by atoms with Crippen LogP contribution in [0.5, 0.6) is 0 Å². The summed E-state index contributed by atoms with van der Waals surface area (Å²) in [6.07, 6.45) is 1.81. The molecule has 1 saturated heterocycles. The molecule has 0 bridgehead atoms. The number of hydrogen-bond acceptors (Lipinski definition) is 5. The predicted octanol–water partition coefficient (Wildman–Crippen LogP) is 2.95. The van der Waals surface area contributed by atoms with Crippen molar-refractivity contribution in [2.75, 3.05) is 23.7 Å². The summed E-state index contributed by atoms with van der Waals surface area (Å²) in [6, 6.07) is 16.0. The fourth-order valence-corrected chi connectivity index (χ4v) is 5.03. The van der Waals surface area contributed by atoms with Crippen LogP contribution in [0.4, 0.5) is 5.69 Å². The fraction of sp³-hybridized carbons (Fsp3) is 0.462. The van der Waals surface area contributed by atoms with E-state index >= 15 is 0 Å². The first kappa shape index (κ1) is 25.7. The maximum Gasteiger partial charge on any atom is 0.243 e. The average Bonchev–Trinajstić information content (AvgIpc) is 2.83. The van der Waals surface area contributed by atoms with Crippen LogP contribution in [0.3, 0.4) is 0 Å². The molecule has 2 N–H and O–H groups in total. The molecule has 1 aliphatic heterocycles. The first-order valence-electron chi connectivity index (χ1n) is 11.9. The van der Waals surface area contributed by atoms with Crippen LogP contribution in [0, 0.1) is 5.92 Å². The highest BCUT2D eigenvalue weighted by atomic mass is 32.2. The molecule has 2 aromatic rings. The van der Waals surface area contributed by atoms with E-state index < -0.39 is 15.9 Å². The van der Waals surface area contributed by atoms with Crippen molar-refractivity contribution in [3.8, 4) is 0 Å². The van der Waals surface area contributed by atoms with E-state index in [1.165, 1.54) is 0 Å². The molecule has 1 unspecified atom stereocenters. The van der Waals surface area contributed by atoms with E-state index in [1.807, 2.05) is 56.3 Å². The standard InChI is InChI=1S/C26H35N3O4S/c1-4-34(32,33)23-12-10-22(11-13-23)29-16-14-21(15-17-29)27-26(31)25(19(2)3)28-24(30)18-20-8-6-5-7-9-20/h5-13,19,21,25H,4,14-18H2,1-3H3,(H,27,31)(H,28,30). The van der Waals surface area contributed by atoms with Crippen LogP contribution in [0.25, 0.3) is 0 Å². The zero-order chi connectivity index (χ0) is 24.7. The van der Waals surface area contributed by atoms with Crippen molar-refractivity contribution in [3.63, 3.8) is 0 Å². The predicted molar refractivity (Wildman–Crippen MR) is 134 cm³/mol. The summed E-state index contributed by atoms with van der Waals surface area (Å²) in [7, 11) is -3.21. The first-order chi connectivity index (χ1) is 16.2. The van der Waals surface area contributed by atoms with E-state index in [4.69, 9.17) is 0 Å². The molecule has 3 rings (SSSR count). The Kier molecular flexibility index (Phi) is 8.72. The number of anilines is 1. The Bertz CT molecular complexity index is 1060. The van der Waals surface area contributed by atoms with Gasteiger partial charge in [0.15, 0.2) is 9.84 Å². The lowest BCUT2D eigenvalue weighted by atomic mass is 10.00. The zero-order valence-electron chi connectivity index (χ0n) is 20.2. The van der Waals surface area contributed by atoms with Gasteiger partial charge in [-0.05, 0) is 48.6 Å². The largest absolute Gasteiger partial charge is 0.371 e. The normalized spacial score (nSPS) is 15.7. The summed E-state index contributed by atoms with van der Waals surface area (Å²) < 4.78 is 24.0. The van der Waals surface area contributed by atoms with Crippen LogP contribution in [0.15, 0.2) is 59.5 Å². The Hall–Kier alpha value is -2.87. The number of nitrogens with one attached hydrogen (secondary N) is 2. The molecule has 7 nitrogen and oxygen atoms in total. The summed E-state index contributed by atoms with van der Waals surface area (Å²) in [5, 5.41) is 6.02. The SMILES string of the molecule is CCS(=O)(=O)c1ccc(N2CCC(NC(=O)C(NC(=O)Cc3ccccc3)C(C)C)CC2)cc1. The average molecular weight is 486 g/mol. The van der Waals surface area contributed by atoms with Gasteiger partial charge in [0, 0.05) is 24.8 Å². The molecule has 1 fully saturated rings. The second kappa shape index (κ2) is 11.5. The molecule has 8 heteroatoms. The third-order valence-corrected chi connectivity index (χ3v) is 8.01. The molecular formula is C26H35N3O4S. The Balaban J connectivity index is 1.51. The third-order valence-electron chi connectivity index (χ3n) is 6.26. The van der Waals surface area contributed by atoms with Crippen LogP contribution in [0.2, 0.25) is 0 Å². The van der Waals surface area contributed by atoms with Gasteiger partial charge in [0.2, 0.25) is 11.8 Å². The Morgan fingerprint density at radius 2 is 1.62 bits per heavy atom. The van der Waals surface area contributed by atoms with Crippen LogP contribution in [0.1, 0.15) is 39.2 Å². The van der Waals surface area contributed by atoms with Gasteiger partial charge in [-0.15, -0.1) is 0 Å². The van der Waals surface area contributed by atoms with Crippen molar-refractivity contribution in [3.05, 3.63) is 60.2 Å². The second-order valence-electron chi connectivity index (χ2n) is 9.12. The van der Waals surface area contributed by atoms with Gasteiger partial charge in [0.25, 0.3) is 0 Å². The molecule has 0 aromatic heterocycles. The number of carbonyl (C=O) groups excluding carboxylic acids is 2. The monoisotopic (exact) mass is 485 g/mol. The van der Waals surface area contributed by atoms with Crippen LogP contribution < -0.4 is 15.5 Å². The fourth-order valence-electron chi connectivity index (χ4n) is 4.14. The third kappa shape index (κ3) is 6.82. The maximum absolute atomic E-state index is 13.0. The molecule has 2 amide bonds. The van der Waals surface area contributed by atoms with Gasteiger partial charge in [-0.1, -0.05) is 51.1 Å². The lowest BCUT2D eigenvalue weighted by Crippen LogP contribution is -2.54. The number of nitrogens with zero attached hydrogens (tertiary/aromatic N) is 1. The van der Waals surface area contributed by atoms with Crippen LogP contribution in [-0.4, -0.2) is 51.2 Å². The van der Waals surface area contributed by atoms with Gasteiger partial charge in [-0.2, -0.15) is 0 Å². The van der Waals surface area contributed by atoms with Crippen LogP contribution >= 0.6 is 0 Å². The molecule has 1 atom stereocenters. The highest BCUT2D eigenvalue weighted by molar-refractivity contribution is 7.91. The minimum atomic E-state index is -3.21. The first-order valence-corrected chi connectivity index (χ1v) is 13.6. The number of rotatable bonds is 9. The van der Waals surface area contributed by atoms with Crippen molar-refractivity contribution >= 4 is 27.3 Å². The highest BCUT2D eigenvalue weighted by Crippen LogP contribution is 2.22. The molecule has 0 aliphatic carbocycles. The van der Waals surface area contributed by atoms with Crippen molar-refractivity contribution in [2.45, 2.75) is 57.0 Å². The summed E-state index contributed by atoms with van der Waals surface area (Å²) >= 11 is 0. The van der Waals surface area contributed by atoms with Gasteiger partial charge in [0.1, 0.15) is 6.04 Å². The van der Waals surface area contributed by atoms with Gasteiger partial charge >= 0.3 is 0 Å². The molecule has 0 saturated carbocycles. The Morgan fingerprint density at radius 3 is 2.18 bits per heavy atom. The summed E-state index contributed by atoms with van der Waals surface area (Å²) in [4.78, 5) is 28.0. The minimum absolute atomic E-state index is 0.0299. The number of amides is 2. The highest BCUT2D eigenvalue weighted by Gasteiger charge is 2.28. The Labute approximate surface area is 202 Å². The molecule has 1 heterocycles. The van der Waals surface area contributed by atoms with Crippen LogP contribution in [-0.2, 0) is 25.8 Å². The van der Waals surface area contributed by atoms with Gasteiger partial charge < -0.3 is 15.5 Å². The summed E-state index contributed by atoms with van der Waals surface area (Å²) in [5.41, 5.74) is 1.89. The summed E-state index contributed by atoms with van der Waals surface area (Å²) in [6.45, 7) is 7.02.